The maximum Gasteiger partial charge on any atom is 0.393 e. The summed E-state index contributed by atoms with van der Waals surface area (Å²) in [4.78, 5) is 22.4. The Balaban J connectivity index is 2.33. The average molecular weight is 453 g/mol. The van der Waals surface area contributed by atoms with Crippen molar-refractivity contribution in [3.63, 3.8) is 0 Å². The molecule has 0 atom stereocenters. The van der Waals surface area contributed by atoms with Crippen LogP contribution in [-0.2, 0) is 27.5 Å². The lowest BCUT2D eigenvalue weighted by atomic mass is 9.98. The van der Waals surface area contributed by atoms with Gasteiger partial charge in [0.05, 0.1) is 12.1 Å². The zero-order valence-corrected chi connectivity index (χ0v) is 18.0. The van der Waals surface area contributed by atoms with Crippen molar-refractivity contribution in [2.45, 2.75) is 33.1 Å². The standard InChI is InChI=1S/C22H23F4N3O3/c1-13-6-5-7-18(20(29-31-4)21(30)27-3)19(13)12-32-28-14(2)17-9-8-16(23)10-15(17)11-22(24,25)26/h5-10H,11-12H2,1-4H3,(H,27,30)/b28-14+,29-20+. The molecule has 10 heteroatoms. The van der Waals surface area contributed by atoms with Gasteiger partial charge < -0.3 is 15.0 Å². The molecule has 0 heterocycles. The summed E-state index contributed by atoms with van der Waals surface area (Å²) in [5, 5.41) is 10.2. The van der Waals surface area contributed by atoms with Gasteiger partial charge in [0.2, 0.25) is 0 Å². The summed E-state index contributed by atoms with van der Waals surface area (Å²) in [6, 6.07) is 8.32. The molecule has 6 nitrogen and oxygen atoms in total. The van der Waals surface area contributed by atoms with Crippen molar-refractivity contribution in [3.05, 3.63) is 70.0 Å². The van der Waals surface area contributed by atoms with Crippen LogP contribution in [0.2, 0.25) is 0 Å². The molecule has 2 aromatic carbocycles. The van der Waals surface area contributed by atoms with Crippen molar-refractivity contribution >= 4 is 17.3 Å². The number of amides is 1. The molecule has 0 fully saturated rings. The minimum absolute atomic E-state index is 0.0315. The first-order valence-electron chi connectivity index (χ1n) is 9.51. The van der Waals surface area contributed by atoms with E-state index in [1.54, 1.807) is 25.1 Å². The first-order chi connectivity index (χ1) is 15.1. The topological polar surface area (TPSA) is 72.3 Å². The van der Waals surface area contributed by atoms with Gasteiger partial charge in [0.1, 0.15) is 19.5 Å². The van der Waals surface area contributed by atoms with E-state index in [9.17, 15) is 22.4 Å². The molecule has 0 saturated heterocycles. The molecule has 1 amide bonds. The largest absolute Gasteiger partial charge is 0.398 e. The van der Waals surface area contributed by atoms with Gasteiger partial charge in [-0.3, -0.25) is 4.79 Å². The van der Waals surface area contributed by atoms with E-state index in [0.717, 1.165) is 17.7 Å². The highest BCUT2D eigenvalue weighted by Gasteiger charge is 2.29. The molecule has 32 heavy (non-hydrogen) atoms. The third kappa shape index (κ3) is 6.53. The van der Waals surface area contributed by atoms with Crippen LogP contribution in [0.25, 0.3) is 0 Å². The summed E-state index contributed by atoms with van der Waals surface area (Å²) in [5.74, 6) is -1.24. The highest BCUT2D eigenvalue weighted by Crippen LogP contribution is 2.25. The summed E-state index contributed by atoms with van der Waals surface area (Å²) in [7, 11) is 2.76. The van der Waals surface area contributed by atoms with E-state index in [4.69, 9.17) is 9.68 Å². The van der Waals surface area contributed by atoms with Crippen LogP contribution in [0.1, 0.15) is 34.7 Å². The molecule has 2 rings (SSSR count). The third-order valence-electron chi connectivity index (χ3n) is 4.55. The number of rotatable bonds is 8. The Morgan fingerprint density at radius 1 is 1.12 bits per heavy atom. The lowest BCUT2D eigenvalue weighted by Gasteiger charge is -2.14. The average Bonchev–Trinajstić information content (AvgIpc) is 2.71. The Labute approximate surface area is 182 Å². The zero-order valence-electron chi connectivity index (χ0n) is 18.0. The number of alkyl halides is 3. The Bertz CT molecular complexity index is 1030. The normalized spacial score (nSPS) is 12.5. The van der Waals surface area contributed by atoms with Crippen LogP contribution >= 0.6 is 0 Å². The second kappa shape index (κ2) is 10.7. The number of aryl methyl sites for hydroxylation is 1. The van der Waals surface area contributed by atoms with E-state index < -0.39 is 24.3 Å². The third-order valence-corrected chi connectivity index (χ3v) is 4.55. The van der Waals surface area contributed by atoms with E-state index in [0.29, 0.717) is 11.1 Å². The SMILES string of the molecule is CNC(=O)/C(=N/OC)c1cccc(C)c1CO/N=C(\C)c1ccc(F)cc1CC(F)(F)F. The monoisotopic (exact) mass is 453 g/mol. The van der Waals surface area contributed by atoms with Crippen LogP contribution in [0, 0.1) is 12.7 Å². The van der Waals surface area contributed by atoms with Crippen molar-refractivity contribution in [3.8, 4) is 0 Å². The molecule has 0 radical (unpaired) electrons. The fraction of sp³-hybridized carbons (Fsp3) is 0.318. The maximum absolute atomic E-state index is 13.5. The van der Waals surface area contributed by atoms with Gasteiger partial charge in [-0.15, -0.1) is 0 Å². The zero-order chi connectivity index (χ0) is 23.9. The van der Waals surface area contributed by atoms with E-state index in [2.05, 4.69) is 15.6 Å². The van der Waals surface area contributed by atoms with Gasteiger partial charge in [0, 0.05) is 23.7 Å². The highest BCUT2D eigenvalue weighted by molar-refractivity contribution is 6.45. The van der Waals surface area contributed by atoms with E-state index in [1.807, 2.05) is 0 Å². The molecular formula is C22H23F4N3O3. The number of carbonyl (C=O) groups is 1. The molecule has 0 aliphatic rings. The number of halogens is 4. The fourth-order valence-electron chi connectivity index (χ4n) is 3.06. The van der Waals surface area contributed by atoms with Gasteiger partial charge in [-0.1, -0.05) is 28.5 Å². The summed E-state index contributed by atoms with van der Waals surface area (Å²) < 4.78 is 52.1. The lowest BCUT2D eigenvalue weighted by molar-refractivity contribution is -0.127. The van der Waals surface area contributed by atoms with Crippen LogP contribution in [0.15, 0.2) is 46.7 Å². The molecule has 1 N–H and O–H groups in total. The minimum Gasteiger partial charge on any atom is -0.398 e. The molecule has 0 bridgehead atoms. The fourth-order valence-corrected chi connectivity index (χ4v) is 3.06. The summed E-state index contributed by atoms with van der Waals surface area (Å²) in [6.07, 6.45) is -5.80. The highest BCUT2D eigenvalue weighted by atomic mass is 19.4. The number of hydrogen-bond donors (Lipinski definition) is 1. The molecule has 0 aromatic heterocycles. The molecule has 0 aliphatic carbocycles. The first-order valence-corrected chi connectivity index (χ1v) is 9.51. The number of benzene rings is 2. The quantitative estimate of drug-likeness (QED) is 0.369. The van der Waals surface area contributed by atoms with Crippen molar-refractivity contribution in [1.29, 1.82) is 0 Å². The summed E-state index contributed by atoms with van der Waals surface area (Å²) >= 11 is 0. The predicted octanol–water partition coefficient (Wildman–Crippen LogP) is 4.28. The number of nitrogens with zero attached hydrogens (tertiary/aromatic N) is 2. The minimum atomic E-state index is -4.50. The van der Waals surface area contributed by atoms with Crippen molar-refractivity contribution in [2.75, 3.05) is 14.2 Å². The van der Waals surface area contributed by atoms with Gasteiger partial charge in [0.15, 0.2) is 5.71 Å². The number of likely N-dealkylation sites (N-methyl/N-ethyl adjacent to an activating group) is 1. The van der Waals surface area contributed by atoms with Crippen LogP contribution in [0.4, 0.5) is 17.6 Å². The smallest absolute Gasteiger partial charge is 0.393 e. The first kappa shape index (κ1) is 24.8. The van der Waals surface area contributed by atoms with Crippen LogP contribution in [-0.4, -0.2) is 37.7 Å². The Morgan fingerprint density at radius 3 is 2.47 bits per heavy atom. The molecule has 0 spiro atoms. The molecule has 0 unspecified atom stereocenters. The second-order valence-electron chi connectivity index (χ2n) is 6.85. The van der Waals surface area contributed by atoms with Gasteiger partial charge in [-0.05, 0) is 43.2 Å². The van der Waals surface area contributed by atoms with Gasteiger partial charge in [-0.25, -0.2) is 4.39 Å². The maximum atomic E-state index is 13.5. The van der Waals surface area contributed by atoms with Crippen LogP contribution in [0.3, 0.4) is 0 Å². The molecule has 0 saturated carbocycles. The van der Waals surface area contributed by atoms with Gasteiger partial charge >= 0.3 is 6.18 Å². The number of carbonyl (C=O) groups excluding carboxylic acids is 1. The Morgan fingerprint density at radius 2 is 1.84 bits per heavy atom. The number of hydrogen-bond acceptors (Lipinski definition) is 5. The Kier molecular flexibility index (Phi) is 8.34. The molecule has 2 aromatic rings. The van der Waals surface area contributed by atoms with Crippen molar-refractivity contribution in [1.82, 2.24) is 5.32 Å². The lowest BCUT2D eigenvalue weighted by Crippen LogP contribution is -2.29. The summed E-state index contributed by atoms with van der Waals surface area (Å²) in [5.41, 5.74) is 1.90. The molecular weight excluding hydrogens is 430 g/mol. The van der Waals surface area contributed by atoms with Crippen molar-refractivity contribution < 1.29 is 32.0 Å². The second-order valence-corrected chi connectivity index (χ2v) is 6.85. The van der Waals surface area contributed by atoms with E-state index >= 15 is 0 Å². The van der Waals surface area contributed by atoms with E-state index in [-0.39, 0.29) is 29.2 Å². The molecule has 0 aliphatic heterocycles. The molecule has 172 valence electrons. The van der Waals surface area contributed by atoms with Crippen LogP contribution < -0.4 is 5.32 Å². The number of oxime groups is 2. The predicted molar refractivity (Wildman–Crippen MR) is 112 cm³/mol. The van der Waals surface area contributed by atoms with Crippen LogP contribution in [0.5, 0.6) is 0 Å². The Hall–Kier alpha value is -3.43. The number of nitrogens with one attached hydrogen (secondary N) is 1. The van der Waals surface area contributed by atoms with Gasteiger partial charge in [-0.2, -0.15) is 13.2 Å². The van der Waals surface area contributed by atoms with Crippen molar-refractivity contribution in [2.24, 2.45) is 10.3 Å². The van der Waals surface area contributed by atoms with Gasteiger partial charge in [0.25, 0.3) is 5.91 Å². The van der Waals surface area contributed by atoms with E-state index in [1.165, 1.54) is 27.1 Å². The summed E-state index contributed by atoms with van der Waals surface area (Å²) in [6.45, 7) is 3.18.